The molecule has 0 saturated heterocycles. The van der Waals surface area contributed by atoms with Gasteiger partial charge in [0.15, 0.2) is 0 Å². The van der Waals surface area contributed by atoms with E-state index in [2.05, 4.69) is 14.9 Å². The van der Waals surface area contributed by atoms with Crippen LogP contribution >= 0.6 is 11.5 Å². The maximum Gasteiger partial charge on any atom is 0.132 e. The summed E-state index contributed by atoms with van der Waals surface area (Å²) in [6.07, 6.45) is 0. The van der Waals surface area contributed by atoms with E-state index in [-0.39, 0.29) is 0 Å². The van der Waals surface area contributed by atoms with Gasteiger partial charge in [0.25, 0.3) is 0 Å². The zero-order valence-corrected chi connectivity index (χ0v) is 6.61. The molecule has 0 spiro atoms. The molecule has 10 heavy (non-hydrogen) atoms. The first kappa shape index (κ1) is 7.43. The molecule has 0 aliphatic heterocycles. The third kappa shape index (κ3) is 1.65. The number of aromatic nitrogens is 2. The Hall–Kier alpha value is -0.680. The monoisotopic (exact) mass is 158 g/mol. The molecule has 1 rings (SSSR count). The summed E-state index contributed by atoms with van der Waals surface area (Å²) in [5, 5.41) is 7.66. The highest BCUT2D eigenvalue weighted by Crippen LogP contribution is 2.10. The molecule has 0 radical (unpaired) electrons. The van der Waals surface area contributed by atoms with E-state index in [4.69, 9.17) is 5.73 Å². The van der Waals surface area contributed by atoms with Crippen LogP contribution in [0, 0.1) is 0 Å². The molecule has 0 atom stereocenters. The van der Waals surface area contributed by atoms with Crippen LogP contribution in [0.15, 0.2) is 0 Å². The Morgan fingerprint density at radius 1 is 1.70 bits per heavy atom. The summed E-state index contributed by atoms with van der Waals surface area (Å²) < 4.78 is 3.70. The van der Waals surface area contributed by atoms with Gasteiger partial charge in [-0.25, -0.2) is 0 Å². The van der Waals surface area contributed by atoms with Crippen LogP contribution in [0.3, 0.4) is 0 Å². The molecule has 0 fully saturated rings. The van der Waals surface area contributed by atoms with Gasteiger partial charge >= 0.3 is 0 Å². The molecule has 0 bridgehead atoms. The van der Waals surface area contributed by atoms with E-state index in [9.17, 15) is 0 Å². The molecule has 1 aromatic heterocycles. The number of hydrogen-bond acceptors (Lipinski definition) is 5. The Bertz CT molecular complexity index is 197. The largest absolute Gasteiger partial charge is 0.388 e. The van der Waals surface area contributed by atoms with Crippen LogP contribution in [0.1, 0.15) is 12.6 Å². The lowest BCUT2D eigenvalue weighted by Crippen LogP contribution is -2.12. The third-order valence-electron chi connectivity index (χ3n) is 1.13. The second kappa shape index (κ2) is 3.48. The summed E-state index contributed by atoms with van der Waals surface area (Å²) >= 11 is 1.23. The lowest BCUT2D eigenvalue weighted by atomic mass is 10.4. The van der Waals surface area contributed by atoms with Crippen LogP contribution < -0.4 is 11.1 Å². The van der Waals surface area contributed by atoms with Crippen molar-refractivity contribution in [1.29, 1.82) is 0 Å². The Labute approximate surface area is 63.6 Å². The number of anilines is 1. The standard InChI is InChI=1S/C5H10N4S/c1-2-7-3-4-5(6)10-9-8-4/h7H,2-3,6H2,1H3. The molecular formula is C5H10N4S. The highest BCUT2D eigenvalue weighted by molar-refractivity contribution is 7.09. The van der Waals surface area contributed by atoms with E-state index in [1.807, 2.05) is 6.92 Å². The van der Waals surface area contributed by atoms with Crippen molar-refractivity contribution in [2.75, 3.05) is 12.3 Å². The van der Waals surface area contributed by atoms with Gasteiger partial charge in [0.2, 0.25) is 0 Å². The first-order valence-corrected chi connectivity index (χ1v) is 3.89. The van der Waals surface area contributed by atoms with Gasteiger partial charge in [0, 0.05) is 18.1 Å². The molecule has 0 aliphatic carbocycles. The van der Waals surface area contributed by atoms with Crippen molar-refractivity contribution in [3.63, 3.8) is 0 Å². The lowest BCUT2D eigenvalue weighted by molar-refractivity contribution is 0.709. The first-order chi connectivity index (χ1) is 4.84. The van der Waals surface area contributed by atoms with Gasteiger partial charge in [-0.15, -0.1) is 5.10 Å². The fourth-order valence-electron chi connectivity index (χ4n) is 0.582. The van der Waals surface area contributed by atoms with E-state index in [0.29, 0.717) is 5.00 Å². The molecule has 4 nitrogen and oxygen atoms in total. The Kier molecular flexibility index (Phi) is 2.58. The van der Waals surface area contributed by atoms with Crippen LogP contribution in [0.25, 0.3) is 0 Å². The second-order valence-electron chi connectivity index (χ2n) is 1.86. The summed E-state index contributed by atoms with van der Waals surface area (Å²) in [7, 11) is 0. The molecule has 0 aliphatic rings. The maximum atomic E-state index is 5.53. The van der Waals surface area contributed by atoms with Crippen molar-refractivity contribution in [2.45, 2.75) is 13.5 Å². The zero-order valence-electron chi connectivity index (χ0n) is 5.79. The molecule has 0 saturated carbocycles. The maximum absolute atomic E-state index is 5.53. The molecular weight excluding hydrogens is 148 g/mol. The van der Waals surface area contributed by atoms with E-state index in [1.54, 1.807) is 0 Å². The highest BCUT2D eigenvalue weighted by atomic mass is 32.1. The van der Waals surface area contributed by atoms with Crippen molar-refractivity contribution >= 4 is 16.5 Å². The minimum atomic E-state index is 0.709. The third-order valence-corrected chi connectivity index (χ3v) is 1.72. The fraction of sp³-hybridized carbons (Fsp3) is 0.600. The summed E-state index contributed by atoms with van der Waals surface area (Å²) in [5.74, 6) is 0. The van der Waals surface area contributed by atoms with Crippen molar-refractivity contribution in [2.24, 2.45) is 0 Å². The number of hydrogen-bond donors (Lipinski definition) is 2. The number of nitrogens with two attached hydrogens (primary N) is 1. The minimum absolute atomic E-state index is 0.709. The van der Waals surface area contributed by atoms with E-state index in [0.717, 1.165) is 18.8 Å². The topological polar surface area (TPSA) is 63.8 Å². The van der Waals surface area contributed by atoms with Gasteiger partial charge in [0.1, 0.15) is 10.7 Å². The minimum Gasteiger partial charge on any atom is -0.388 e. The second-order valence-corrected chi connectivity index (χ2v) is 2.65. The molecule has 56 valence electrons. The van der Waals surface area contributed by atoms with Gasteiger partial charge < -0.3 is 11.1 Å². The van der Waals surface area contributed by atoms with Crippen LogP contribution in [-0.4, -0.2) is 16.1 Å². The Morgan fingerprint density at radius 3 is 3.00 bits per heavy atom. The Morgan fingerprint density at radius 2 is 2.50 bits per heavy atom. The highest BCUT2D eigenvalue weighted by Gasteiger charge is 2.00. The van der Waals surface area contributed by atoms with Crippen molar-refractivity contribution < 1.29 is 0 Å². The summed E-state index contributed by atoms with van der Waals surface area (Å²) in [6.45, 7) is 3.69. The van der Waals surface area contributed by atoms with Gasteiger partial charge in [-0.05, 0) is 6.54 Å². The molecule has 0 unspecified atom stereocenters. The van der Waals surface area contributed by atoms with Crippen LogP contribution in [0.5, 0.6) is 0 Å². The predicted octanol–water partition coefficient (Wildman–Crippen LogP) is 0.230. The fourth-order valence-corrected chi connectivity index (χ4v) is 1.03. The lowest BCUT2D eigenvalue weighted by Gasteiger charge is -1.95. The van der Waals surface area contributed by atoms with Crippen LogP contribution in [0.2, 0.25) is 0 Å². The zero-order chi connectivity index (χ0) is 7.40. The molecule has 0 aromatic carbocycles. The smallest absolute Gasteiger partial charge is 0.132 e. The first-order valence-electron chi connectivity index (χ1n) is 3.12. The van der Waals surface area contributed by atoms with Crippen molar-refractivity contribution in [3.05, 3.63) is 5.69 Å². The normalized spacial score (nSPS) is 10.1. The average molecular weight is 158 g/mol. The van der Waals surface area contributed by atoms with Gasteiger partial charge in [-0.1, -0.05) is 11.4 Å². The van der Waals surface area contributed by atoms with Crippen molar-refractivity contribution in [1.82, 2.24) is 14.9 Å². The number of nitrogens with one attached hydrogen (secondary N) is 1. The summed E-state index contributed by atoms with van der Waals surface area (Å²) in [5.41, 5.74) is 6.39. The molecule has 5 heteroatoms. The molecule has 1 heterocycles. The quantitative estimate of drug-likeness (QED) is 0.661. The summed E-state index contributed by atoms with van der Waals surface area (Å²) in [4.78, 5) is 0. The van der Waals surface area contributed by atoms with Gasteiger partial charge in [-0.2, -0.15) is 0 Å². The predicted molar refractivity (Wildman–Crippen MR) is 41.7 cm³/mol. The Balaban J connectivity index is 2.49. The van der Waals surface area contributed by atoms with E-state index < -0.39 is 0 Å². The number of rotatable bonds is 3. The molecule has 0 amide bonds. The van der Waals surface area contributed by atoms with E-state index >= 15 is 0 Å². The van der Waals surface area contributed by atoms with Crippen LogP contribution in [0.4, 0.5) is 5.00 Å². The average Bonchev–Trinajstić information content (AvgIpc) is 2.31. The van der Waals surface area contributed by atoms with Crippen LogP contribution in [-0.2, 0) is 6.54 Å². The van der Waals surface area contributed by atoms with Gasteiger partial charge in [-0.3, -0.25) is 0 Å². The summed E-state index contributed by atoms with van der Waals surface area (Å²) in [6, 6.07) is 0. The van der Waals surface area contributed by atoms with Gasteiger partial charge in [0.05, 0.1) is 0 Å². The van der Waals surface area contributed by atoms with E-state index in [1.165, 1.54) is 11.5 Å². The van der Waals surface area contributed by atoms with Crippen molar-refractivity contribution in [3.8, 4) is 0 Å². The number of nitrogens with zero attached hydrogens (tertiary/aromatic N) is 2. The molecule has 3 N–H and O–H groups in total. The number of nitrogen functional groups attached to an aromatic ring is 1. The SMILES string of the molecule is CCNCc1nnsc1N. The molecule has 1 aromatic rings.